The number of carbonyl (C=O) groups is 2. The molecule has 2 heterocycles. The van der Waals surface area contributed by atoms with E-state index in [4.69, 9.17) is 4.74 Å². The van der Waals surface area contributed by atoms with Crippen LogP contribution in [0.3, 0.4) is 0 Å². The van der Waals surface area contributed by atoms with Gasteiger partial charge < -0.3 is 14.5 Å². The van der Waals surface area contributed by atoms with Gasteiger partial charge in [0, 0.05) is 44.8 Å². The van der Waals surface area contributed by atoms with Crippen molar-refractivity contribution < 1.29 is 14.3 Å². The normalized spacial score (nSPS) is 21.2. The zero-order valence-corrected chi connectivity index (χ0v) is 16.5. The molecule has 0 radical (unpaired) electrons. The van der Waals surface area contributed by atoms with Crippen molar-refractivity contribution in [2.45, 2.75) is 33.2 Å². The molecule has 1 aromatic rings. The van der Waals surface area contributed by atoms with Crippen molar-refractivity contribution in [3.63, 3.8) is 0 Å². The number of piperazine rings is 1. The molecule has 0 bridgehead atoms. The molecule has 0 aromatic heterocycles. The zero-order chi connectivity index (χ0) is 19.2. The van der Waals surface area contributed by atoms with Gasteiger partial charge in [-0.15, -0.1) is 0 Å². The van der Waals surface area contributed by atoms with Gasteiger partial charge in [0.25, 0.3) is 5.91 Å². The SMILES string of the molecule is CCOC(=O)N1CCN(C(=O)c2ccc(CN3CCC[C@@H](C)C3)cc2)CC1. The molecule has 6 heteroatoms. The molecule has 27 heavy (non-hydrogen) atoms. The van der Waals surface area contributed by atoms with Crippen LogP contribution >= 0.6 is 0 Å². The highest BCUT2D eigenvalue weighted by atomic mass is 16.6. The molecule has 2 aliphatic heterocycles. The fraction of sp³-hybridized carbons (Fsp3) is 0.619. The lowest BCUT2D eigenvalue weighted by Crippen LogP contribution is -2.50. The number of piperidine rings is 1. The van der Waals surface area contributed by atoms with E-state index in [1.165, 1.54) is 18.4 Å². The van der Waals surface area contributed by atoms with E-state index in [9.17, 15) is 9.59 Å². The fourth-order valence-electron chi connectivity index (χ4n) is 3.93. The Kier molecular flexibility index (Phi) is 6.72. The molecule has 2 saturated heterocycles. The van der Waals surface area contributed by atoms with Crippen LogP contribution in [0.4, 0.5) is 4.79 Å². The number of rotatable bonds is 4. The van der Waals surface area contributed by atoms with Gasteiger partial charge in [-0.3, -0.25) is 9.69 Å². The average molecular weight is 373 g/mol. The summed E-state index contributed by atoms with van der Waals surface area (Å²) in [6.45, 7) is 9.91. The van der Waals surface area contributed by atoms with Gasteiger partial charge in [-0.2, -0.15) is 0 Å². The summed E-state index contributed by atoms with van der Waals surface area (Å²) in [5.41, 5.74) is 1.98. The minimum absolute atomic E-state index is 0.0386. The second-order valence-corrected chi connectivity index (χ2v) is 7.66. The Bertz CT molecular complexity index is 639. The third-order valence-corrected chi connectivity index (χ3v) is 5.44. The molecule has 1 aromatic carbocycles. The molecule has 0 aliphatic carbocycles. The highest BCUT2D eigenvalue weighted by Crippen LogP contribution is 2.18. The van der Waals surface area contributed by atoms with Crippen LogP contribution in [-0.4, -0.2) is 72.6 Å². The van der Waals surface area contributed by atoms with Crippen LogP contribution in [0.15, 0.2) is 24.3 Å². The van der Waals surface area contributed by atoms with Crippen LogP contribution in [-0.2, 0) is 11.3 Å². The van der Waals surface area contributed by atoms with Crippen LogP contribution in [0.1, 0.15) is 42.6 Å². The van der Waals surface area contributed by atoms with E-state index in [1.807, 2.05) is 17.0 Å². The Balaban J connectivity index is 1.51. The Labute approximate surface area is 162 Å². The summed E-state index contributed by atoms with van der Waals surface area (Å²) in [7, 11) is 0. The topological polar surface area (TPSA) is 53.1 Å². The molecule has 3 rings (SSSR count). The molecule has 2 fully saturated rings. The first-order valence-corrected chi connectivity index (χ1v) is 10.1. The Morgan fingerprint density at radius 2 is 1.70 bits per heavy atom. The van der Waals surface area contributed by atoms with E-state index in [1.54, 1.807) is 11.8 Å². The largest absolute Gasteiger partial charge is 0.450 e. The molecule has 0 spiro atoms. The third kappa shape index (κ3) is 5.22. The number of ether oxygens (including phenoxy) is 1. The van der Waals surface area contributed by atoms with Gasteiger partial charge in [-0.25, -0.2) is 4.79 Å². The second-order valence-electron chi connectivity index (χ2n) is 7.66. The molecule has 0 N–H and O–H groups in total. The van der Waals surface area contributed by atoms with Crippen LogP contribution in [0.25, 0.3) is 0 Å². The van der Waals surface area contributed by atoms with Gasteiger partial charge in [0.1, 0.15) is 0 Å². The number of carbonyl (C=O) groups excluding carboxylic acids is 2. The first-order valence-electron chi connectivity index (χ1n) is 10.1. The van der Waals surface area contributed by atoms with Crippen molar-refractivity contribution in [1.29, 1.82) is 0 Å². The van der Waals surface area contributed by atoms with E-state index in [0.29, 0.717) is 32.8 Å². The van der Waals surface area contributed by atoms with Crippen molar-refractivity contribution in [3.8, 4) is 0 Å². The van der Waals surface area contributed by atoms with E-state index in [-0.39, 0.29) is 12.0 Å². The first-order chi connectivity index (χ1) is 13.1. The molecular formula is C21H31N3O3. The molecular weight excluding hydrogens is 342 g/mol. The van der Waals surface area contributed by atoms with Crippen molar-refractivity contribution in [3.05, 3.63) is 35.4 Å². The van der Waals surface area contributed by atoms with Crippen molar-refractivity contribution in [1.82, 2.24) is 14.7 Å². The first kappa shape index (κ1) is 19.7. The highest BCUT2D eigenvalue weighted by Gasteiger charge is 2.25. The minimum atomic E-state index is -0.291. The van der Waals surface area contributed by atoms with Crippen molar-refractivity contribution in [2.75, 3.05) is 45.9 Å². The summed E-state index contributed by atoms with van der Waals surface area (Å²) in [6, 6.07) is 8.01. The fourth-order valence-corrected chi connectivity index (χ4v) is 3.93. The lowest BCUT2D eigenvalue weighted by molar-refractivity contribution is 0.0570. The predicted molar refractivity (Wildman–Crippen MR) is 105 cm³/mol. The standard InChI is InChI=1S/C21H31N3O3/c1-3-27-21(26)24-13-11-23(12-14-24)20(25)19-8-6-18(7-9-19)16-22-10-4-5-17(2)15-22/h6-9,17H,3-5,10-16H2,1-2H3/t17-/m1/s1. The number of benzene rings is 1. The molecule has 1 atom stereocenters. The lowest BCUT2D eigenvalue weighted by Gasteiger charge is -2.34. The number of amides is 2. The van der Waals surface area contributed by atoms with Crippen LogP contribution in [0.2, 0.25) is 0 Å². The summed E-state index contributed by atoms with van der Waals surface area (Å²) in [6.07, 6.45) is 2.31. The molecule has 0 saturated carbocycles. The van der Waals surface area contributed by atoms with Gasteiger partial charge >= 0.3 is 6.09 Å². The summed E-state index contributed by atoms with van der Waals surface area (Å²) in [4.78, 5) is 30.5. The molecule has 6 nitrogen and oxygen atoms in total. The summed E-state index contributed by atoms with van der Waals surface area (Å²) >= 11 is 0. The number of nitrogens with zero attached hydrogens (tertiary/aromatic N) is 3. The second kappa shape index (κ2) is 9.22. The van der Waals surface area contributed by atoms with Crippen LogP contribution < -0.4 is 0 Å². The number of hydrogen-bond donors (Lipinski definition) is 0. The zero-order valence-electron chi connectivity index (χ0n) is 16.5. The van der Waals surface area contributed by atoms with E-state index >= 15 is 0 Å². The van der Waals surface area contributed by atoms with Crippen LogP contribution in [0, 0.1) is 5.92 Å². The van der Waals surface area contributed by atoms with Crippen LogP contribution in [0.5, 0.6) is 0 Å². The Hall–Kier alpha value is -2.08. The number of likely N-dealkylation sites (tertiary alicyclic amines) is 1. The third-order valence-electron chi connectivity index (χ3n) is 5.44. The molecule has 2 aliphatic rings. The monoisotopic (exact) mass is 373 g/mol. The van der Waals surface area contributed by atoms with E-state index in [2.05, 4.69) is 24.0 Å². The predicted octanol–water partition coefficient (Wildman–Crippen LogP) is 2.83. The van der Waals surface area contributed by atoms with E-state index in [0.717, 1.165) is 31.1 Å². The Morgan fingerprint density at radius 3 is 2.33 bits per heavy atom. The van der Waals surface area contributed by atoms with Gasteiger partial charge in [-0.05, 0) is 49.9 Å². The molecule has 2 amide bonds. The maximum absolute atomic E-state index is 12.7. The van der Waals surface area contributed by atoms with Gasteiger partial charge in [0.15, 0.2) is 0 Å². The summed E-state index contributed by atoms with van der Waals surface area (Å²) in [5.74, 6) is 0.810. The van der Waals surface area contributed by atoms with Gasteiger partial charge in [0.2, 0.25) is 0 Å². The smallest absolute Gasteiger partial charge is 0.409 e. The number of hydrogen-bond acceptors (Lipinski definition) is 4. The Morgan fingerprint density at radius 1 is 1.04 bits per heavy atom. The summed E-state index contributed by atoms with van der Waals surface area (Å²) < 4.78 is 5.02. The summed E-state index contributed by atoms with van der Waals surface area (Å²) in [5, 5.41) is 0. The average Bonchev–Trinajstić information content (AvgIpc) is 2.68. The maximum atomic E-state index is 12.7. The lowest BCUT2D eigenvalue weighted by atomic mass is 9.99. The van der Waals surface area contributed by atoms with Crippen molar-refractivity contribution in [2.24, 2.45) is 5.92 Å². The quantitative estimate of drug-likeness (QED) is 0.814. The van der Waals surface area contributed by atoms with Gasteiger partial charge in [-0.1, -0.05) is 19.1 Å². The van der Waals surface area contributed by atoms with E-state index < -0.39 is 0 Å². The van der Waals surface area contributed by atoms with Gasteiger partial charge in [0.05, 0.1) is 6.61 Å². The molecule has 148 valence electrons. The minimum Gasteiger partial charge on any atom is -0.450 e. The molecule has 0 unspecified atom stereocenters. The maximum Gasteiger partial charge on any atom is 0.409 e. The highest BCUT2D eigenvalue weighted by molar-refractivity contribution is 5.94. The van der Waals surface area contributed by atoms with Crippen molar-refractivity contribution >= 4 is 12.0 Å².